The van der Waals surface area contributed by atoms with Crippen molar-refractivity contribution in [2.75, 3.05) is 13.6 Å². The van der Waals surface area contributed by atoms with E-state index in [0.717, 1.165) is 10.6 Å². The van der Waals surface area contributed by atoms with Crippen LogP contribution in [0.2, 0.25) is 0 Å². The van der Waals surface area contributed by atoms with Crippen LogP contribution in [0.3, 0.4) is 0 Å². The highest BCUT2D eigenvalue weighted by Crippen LogP contribution is 2.18. The van der Waals surface area contributed by atoms with Gasteiger partial charge in [0.1, 0.15) is 6.04 Å². The molecule has 118 valence electrons. The van der Waals surface area contributed by atoms with Gasteiger partial charge in [0.25, 0.3) is 0 Å². The van der Waals surface area contributed by atoms with Gasteiger partial charge in [-0.15, -0.1) is 0 Å². The zero-order valence-corrected chi connectivity index (χ0v) is 12.4. The molecule has 0 unspecified atom stereocenters. The zero-order chi connectivity index (χ0) is 16.1. The van der Waals surface area contributed by atoms with Gasteiger partial charge in [0.2, 0.25) is 5.91 Å². The van der Waals surface area contributed by atoms with E-state index in [1.54, 1.807) is 0 Å². The van der Waals surface area contributed by atoms with Gasteiger partial charge in [0.05, 0.1) is 6.42 Å². The number of carboxylic acid groups (broad SMARTS) is 1. The number of urea groups is 1. The summed E-state index contributed by atoms with van der Waals surface area (Å²) in [6.45, 7) is 0.384. The van der Waals surface area contributed by atoms with Crippen molar-refractivity contribution in [3.8, 4) is 0 Å². The molecule has 1 aliphatic rings. The minimum atomic E-state index is -1.02. The summed E-state index contributed by atoms with van der Waals surface area (Å²) >= 11 is 0. The third kappa shape index (κ3) is 3.75. The number of carboxylic acids is 1. The molecule has 0 bridgehead atoms. The standard InChI is InChI=1S/C15H19N3O4/c1-17(15(22)18-9-5-8-12(18)14(20)21)16-13(19)10-11-6-3-2-4-7-11/h2-4,6-7,12H,5,8-10H2,1H3,(H,16,19)(H,20,21)/t12-/m0/s1. The van der Waals surface area contributed by atoms with Gasteiger partial charge in [0, 0.05) is 13.6 Å². The first kappa shape index (κ1) is 15.8. The smallest absolute Gasteiger partial charge is 0.339 e. The molecule has 1 aliphatic heterocycles. The highest BCUT2D eigenvalue weighted by atomic mass is 16.4. The first-order valence-electron chi connectivity index (χ1n) is 7.09. The van der Waals surface area contributed by atoms with Crippen molar-refractivity contribution in [1.82, 2.24) is 15.3 Å². The molecular formula is C15H19N3O4. The van der Waals surface area contributed by atoms with Crippen molar-refractivity contribution in [3.05, 3.63) is 35.9 Å². The lowest BCUT2D eigenvalue weighted by molar-refractivity contribution is -0.141. The molecule has 0 radical (unpaired) electrons. The van der Waals surface area contributed by atoms with E-state index in [1.165, 1.54) is 11.9 Å². The number of hydrogen-bond acceptors (Lipinski definition) is 3. The predicted molar refractivity (Wildman–Crippen MR) is 78.8 cm³/mol. The van der Waals surface area contributed by atoms with Crippen LogP contribution in [0.25, 0.3) is 0 Å². The largest absolute Gasteiger partial charge is 0.480 e. The second-order valence-corrected chi connectivity index (χ2v) is 5.23. The van der Waals surface area contributed by atoms with Crippen molar-refractivity contribution >= 4 is 17.9 Å². The maximum absolute atomic E-state index is 12.2. The number of hydrazine groups is 1. The Morgan fingerprint density at radius 3 is 2.64 bits per heavy atom. The van der Waals surface area contributed by atoms with Crippen molar-refractivity contribution in [2.24, 2.45) is 0 Å². The Bertz CT molecular complexity index is 561. The van der Waals surface area contributed by atoms with Crippen LogP contribution in [0.15, 0.2) is 30.3 Å². The molecule has 1 aromatic rings. The molecule has 1 aromatic carbocycles. The summed E-state index contributed by atoms with van der Waals surface area (Å²) in [5.41, 5.74) is 3.31. The molecule has 1 atom stereocenters. The van der Waals surface area contributed by atoms with Crippen LogP contribution in [-0.4, -0.2) is 52.6 Å². The number of carbonyl (C=O) groups excluding carboxylic acids is 2. The Hall–Kier alpha value is -2.57. The Morgan fingerprint density at radius 1 is 1.32 bits per heavy atom. The third-order valence-corrected chi connectivity index (χ3v) is 3.57. The zero-order valence-electron chi connectivity index (χ0n) is 12.4. The first-order valence-corrected chi connectivity index (χ1v) is 7.09. The second kappa shape index (κ2) is 6.93. The van der Waals surface area contributed by atoms with Gasteiger partial charge in [-0.2, -0.15) is 0 Å². The SMILES string of the molecule is CN(NC(=O)Cc1ccccc1)C(=O)N1CCC[C@H]1C(=O)O. The van der Waals surface area contributed by atoms with Crippen LogP contribution >= 0.6 is 0 Å². The van der Waals surface area contributed by atoms with E-state index in [4.69, 9.17) is 5.11 Å². The van der Waals surface area contributed by atoms with Crippen molar-refractivity contribution < 1.29 is 19.5 Å². The number of rotatable bonds is 3. The molecule has 2 rings (SSSR count). The lowest BCUT2D eigenvalue weighted by Crippen LogP contribution is -2.52. The van der Waals surface area contributed by atoms with Crippen LogP contribution < -0.4 is 5.43 Å². The molecule has 0 spiro atoms. The van der Waals surface area contributed by atoms with Crippen LogP contribution in [0.4, 0.5) is 4.79 Å². The molecule has 7 heteroatoms. The molecule has 7 nitrogen and oxygen atoms in total. The second-order valence-electron chi connectivity index (χ2n) is 5.23. The van der Waals surface area contributed by atoms with Gasteiger partial charge in [-0.25, -0.2) is 14.6 Å². The van der Waals surface area contributed by atoms with Crippen molar-refractivity contribution in [3.63, 3.8) is 0 Å². The lowest BCUT2D eigenvalue weighted by atomic mass is 10.1. The molecule has 0 aromatic heterocycles. The quantitative estimate of drug-likeness (QED) is 0.811. The van der Waals surface area contributed by atoms with Crippen molar-refractivity contribution in [2.45, 2.75) is 25.3 Å². The summed E-state index contributed by atoms with van der Waals surface area (Å²) in [6.07, 6.45) is 1.24. The number of amides is 3. The fourth-order valence-electron chi connectivity index (χ4n) is 2.50. The number of carbonyl (C=O) groups is 3. The van der Waals surface area contributed by atoms with Crippen LogP contribution in [-0.2, 0) is 16.0 Å². The number of hydrogen-bond donors (Lipinski definition) is 2. The average Bonchev–Trinajstić information content (AvgIpc) is 2.96. The van der Waals surface area contributed by atoms with E-state index in [0.29, 0.717) is 19.4 Å². The average molecular weight is 305 g/mol. The maximum atomic E-state index is 12.2. The topological polar surface area (TPSA) is 90.0 Å². The minimum Gasteiger partial charge on any atom is -0.480 e. The summed E-state index contributed by atoms with van der Waals surface area (Å²) < 4.78 is 0. The van der Waals surface area contributed by atoms with Crippen molar-refractivity contribution in [1.29, 1.82) is 0 Å². The number of likely N-dealkylation sites (tertiary alicyclic amines) is 1. The molecule has 1 heterocycles. The van der Waals surface area contributed by atoms with E-state index >= 15 is 0 Å². The summed E-state index contributed by atoms with van der Waals surface area (Å²) in [7, 11) is 1.42. The normalized spacial score (nSPS) is 17.1. The molecule has 2 N–H and O–H groups in total. The number of benzene rings is 1. The highest BCUT2D eigenvalue weighted by molar-refractivity contribution is 5.85. The number of nitrogens with zero attached hydrogens (tertiary/aromatic N) is 2. The Balaban J connectivity index is 1.91. The number of nitrogens with one attached hydrogen (secondary N) is 1. The van der Waals surface area contributed by atoms with E-state index in [1.807, 2.05) is 30.3 Å². The minimum absolute atomic E-state index is 0.154. The predicted octanol–water partition coefficient (Wildman–Crippen LogP) is 0.861. The monoisotopic (exact) mass is 305 g/mol. The first-order chi connectivity index (χ1) is 10.5. The summed E-state index contributed by atoms with van der Waals surface area (Å²) in [4.78, 5) is 36.5. The molecular weight excluding hydrogens is 286 g/mol. The van der Waals surface area contributed by atoms with Gasteiger partial charge in [0.15, 0.2) is 0 Å². The Labute approximate surface area is 128 Å². The molecule has 3 amide bonds. The van der Waals surface area contributed by atoms with E-state index < -0.39 is 18.0 Å². The summed E-state index contributed by atoms with van der Waals surface area (Å²) in [5.74, 6) is -1.34. The van der Waals surface area contributed by atoms with E-state index in [9.17, 15) is 14.4 Å². The number of aliphatic carboxylic acids is 1. The molecule has 0 saturated carbocycles. The molecule has 1 fully saturated rings. The fourth-order valence-corrected chi connectivity index (χ4v) is 2.50. The Morgan fingerprint density at radius 2 is 2.00 bits per heavy atom. The van der Waals surface area contributed by atoms with Gasteiger partial charge in [-0.1, -0.05) is 30.3 Å². The molecule has 0 aliphatic carbocycles. The van der Waals surface area contributed by atoms with Gasteiger partial charge in [-0.3, -0.25) is 10.2 Å². The van der Waals surface area contributed by atoms with E-state index in [2.05, 4.69) is 5.43 Å². The molecule has 1 saturated heterocycles. The molecule has 22 heavy (non-hydrogen) atoms. The Kier molecular flexibility index (Phi) is 4.98. The maximum Gasteiger partial charge on any atom is 0.339 e. The van der Waals surface area contributed by atoms with Gasteiger partial charge < -0.3 is 10.0 Å². The van der Waals surface area contributed by atoms with Crippen LogP contribution in [0, 0.1) is 0 Å². The highest BCUT2D eigenvalue weighted by Gasteiger charge is 2.35. The van der Waals surface area contributed by atoms with E-state index in [-0.39, 0.29) is 12.3 Å². The van der Waals surface area contributed by atoms with Crippen LogP contribution in [0.1, 0.15) is 18.4 Å². The fraction of sp³-hybridized carbons (Fsp3) is 0.400. The lowest BCUT2D eigenvalue weighted by Gasteiger charge is -2.27. The van der Waals surface area contributed by atoms with Gasteiger partial charge in [-0.05, 0) is 18.4 Å². The van der Waals surface area contributed by atoms with Crippen LogP contribution in [0.5, 0.6) is 0 Å². The summed E-state index contributed by atoms with van der Waals surface area (Å²) in [5, 5.41) is 10.1. The summed E-state index contributed by atoms with van der Waals surface area (Å²) in [6, 6.07) is 7.84. The third-order valence-electron chi connectivity index (χ3n) is 3.57. The van der Waals surface area contributed by atoms with Gasteiger partial charge >= 0.3 is 12.0 Å².